The lowest BCUT2D eigenvalue weighted by molar-refractivity contribution is 0.340. The molecule has 0 aromatic heterocycles. The van der Waals surface area contributed by atoms with Crippen LogP contribution in [-0.2, 0) is 19.9 Å². The molecule has 1 aromatic rings. The van der Waals surface area contributed by atoms with Crippen LogP contribution in [0.25, 0.3) is 0 Å². The topological polar surface area (TPSA) is 89.5 Å². The third-order valence-corrected chi connectivity index (χ3v) is 6.93. The van der Waals surface area contributed by atoms with Crippen LogP contribution in [0.2, 0.25) is 0 Å². The zero-order valence-corrected chi connectivity index (χ0v) is 14.1. The molecule has 0 aliphatic carbocycles. The normalized spacial score (nSPS) is 20.9. The van der Waals surface area contributed by atoms with Gasteiger partial charge >= 0.3 is 0 Å². The molecule has 1 aromatic carbocycles. The first-order chi connectivity index (χ1) is 10.3. The molecular weight excluding hydrogens is 326 g/mol. The second kappa shape index (κ2) is 6.97. The van der Waals surface area contributed by atoms with Gasteiger partial charge in [-0.25, -0.2) is 21.6 Å². The fourth-order valence-electron chi connectivity index (χ4n) is 2.46. The van der Waals surface area contributed by atoms with Crippen LogP contribution >= 0.6 is 0 Å². The molecule has 1 unspecified atom stereocenters. The molecule has 124 valence electrons. The van der Waals surface area contributed by atoms with Gasteiger partial charge in [0, 0.05) is 6.54 Å². The fourth-order valence-corrected chi connectivity index (χ4v) is 5.42. The van der Waals surface area contributed by atoms with Gasteiger partial charge in [-0.15, -0.1) is 0 Å². The monoisotopic (exact) mass is 347 g/mol. The van der Waals surface area contributed by atoms with Crippen LogP contribution in [0.1, 0.15) is 19.8 Å². The maximum absolute atomic E-state index is 12.1. The van der Waals surface area contributed by atoms with Crippen molar-refractivity contribution in [2.24, 2.45) is 5.92 Å². The van der Waals surface area contributed by atoms with Gasteiger partial charge in [-0.2, -0.15) is 0 Å². The average Bonchev–Trinajstić information content (AvgIpc) is 2.79. The molecule has 2 rings (SSSR count). The SMILES string of the molecule is CCOc1ccc(S(=O)(=O)NCCC2CCS(=O)(=O)C2)cc1. The lowest BCUT2D eigenvalue weighted by Gasteiger charge is -2.10. The van der Waals surface area contributed by atoms with E-state index in [1.165, 1.54) is 12.1 Å². The van der Waals surface area contributed by atoms with E-state index in [9.17, 15) is 16.8 Å². The maximum atomic E-state index is 12.1. The molecule has 1 fully saturated rings. The Bertz CT molecular complexity index is 695. The van der Waals surface area contributed by atoms with E-state index >= 15 is 0 Å². The zero-order valence-electron chi connectivity index (χ0n) is 12.5. The predicted octanol–water partition coefficient (Wildman–Crippen LogP) is 1.19. The van der Waals surface area contributed by atoms with Crippen LogP contribution in [0, 0.1) is 5.92 Å². The molecule has 6 nitrogen and oxygen atoms in total. The minimum absolute atomic E-state index is 0.0491. The third-order valence-electron chi connectivity index (χ3n) is 3.62. The third kappa shape index (κ3) is 4.69. The predicted molar refractivity (Wildman–Crippen MR) is 84.2 cm³/mol. The Morgan fingerprint density at radius 3 is 2.50 bits per heavy atom. The first-order valence-electron chi connectivity index (χ1n) is 7.25. The van der Waals surface area contributed by atoms with Gasteiger partial charge in [0.2, 0.25) is 10.0 Å². The summed E-state index contributed by atoms with van der Waals surface area (Å²) in [5.74, 6) is 1.05. The van der Waals surface area contributed by atoms with Crippen molar-refractivity contribution in [3.05, 3.63) is 24.3 Å². The Hall–Kier alpha value is -1.12. The number of nitrogens with one attached hydrogen (secondary N) is 1. The van der Waals surface area contributed by atoms with Gasteiger partial charge in [0.15, 0.2) is 9.84 Å². The summed E-state index contributed by atoms with van der Waals surface area (Å²) in [5, 5.41) is 0. The smallest absolute Gasteiger partial charge is 0.240 e. The lowest BCUT2D eigenvalue weighted by Crippen LogP contribution is -2.26. The summed E-state index contributed by atoms with van der Waals surface area (Å²) in [4.78, 5) is 0.176. The number of ether oxygens (including phenoxy) is 1. The molecule has 22 heavy (non-hydrogen) atoms. The molecule has 1 N–H and O–H groups in total. The quantitative estimate of drug-likeness (QED) is 0.800. The number of sulfone groups is 1. The number of hydrogen-bond acceptors (Lipinski definition) is 5. The van der Waals surface area contributed by atoms with Crippen molar-refractivity contribution in [3.63, 3.8) is 0 Å². The van der Waals surface area contributed by atoms with E-state index in [1.807, 2.05) is 6.92 Å². The van der Waals surface area contributed by atoms with Crippen molar-refractivity contribution in [2.75, 3.05) is 24.7 Å². The highest BCUT2D eigenvalue weighted by atomic mass is 32.2. The van der Waals surface area contributed by atoms with Gasteiger partial charge in [-0.3, -0.25) is 0 Å². The Morgan fingerprint density at radius 1 is 1.27 bits per heavy atom. The van der Waals surface area contributed by atoms with E-state index in [0.29, 0.717) is 25.2 Å². The summed E-state index contributed by atoms with van der Waals surface area (Å²) < 4.78 is 54.8. The molecule has 1 atom stereocenters. The Labute approximate surface area is 131 Å². The first kappa shape index (κ1) is 17.2. The van der Waals surface area contributed by atoms with Crippen LogP contribution in [0.15, 0.2) is 29.2 Å². The lowest BCUT2D eigenvalue weighted by atomic mass is 10.1. The molecule has 0 bridgehead atoms. The number of benzene rings is 1. The van der Waals surface area contributed by atoms with Crippen LogP contribution in [0.3, 0.4) is 0 Å². The first-order valence-corrected chi connectivity index (χ1v) is 10.6. The second-order valence-electron chi connectivity index (χ2n) is 5.36. The van der Waals surface area contributed by atoms with Crippen molar-refractivity contribution in [1.29, 1.82) is 0 Å². The van der Waals surface area contributed by atoms with Crippen LogP contribution in [0.5, 0.6) is 5.75 Å². The van der Waals surface area contributed by atoms with E-state index in [2.05, 4.69) is 4.72 Å². The molecule has 1 aliphatic heterocycles. The minimum atomic E-state index is -3.57. The van der Waals surface area contributed by atoms with Gasteiger partial charge in [0.1, 0.15) is 5.75 Å². The Morgan fingerprint density at radius 2 is 1.95 bits per heavy atom. The zero-order chi connectivity index (χ0) is 16.2. The van der Waals surface area contributed by atoms with Crippen molar-refractivity contribution in [3.8, 4) is 5.75 Å². The van der Waals surface area contributed by atoms with Crippen LogP contribution in [0.4, 0.5) is 0 Å². The highest BCUT2D eigenvalue weighted by Crippen LogP contribution is 2.21. The summed E-state index contributed by atoms with van der Waals surface area (Å²) in [6, 6.07) is 6.21. The van der Waals surface area contributed by atoms with Gasteiger partial charge in [0.05, 0.1) is 23.0 Å². The standard InChI is InChI=1S/C14H21NO5S2/c1-2-20-13-3-5-14(6-4-13)22(18,19)15-9-7-12-8-10-21(16,17)11-12/h3-6,12,15H,2,7-11H2,1H3. The van der Waals surface area contributed by atoms with E-state index in [1.54, 1.807) is 12.1 Å². The van der Waals surface area contributed by atoms with Crippen molar-refractivity contribution >= 4 is 19.9 Å². The molecule has 1 aliphatic rings. The van der Waals surface area contributed by atoms with E-state index < -0.39 is 19.9 Å². The molecule has 8 heteroatoms. The van der Waals surface area contributed by atoms with Gasteiger partial charge in [-0.05, 0) is 49.9 Å². The van der Waals surface area contributed by atoms with E-state index in [0.717, 1.165) is 0 Å². The molecular formula is C14H21NO5S2. The second-order valence-corrected chi connectivity index (χ2v) is 9.36. The van der Waals surface area contributed by atoms with Crippen LogP contribution in [-0.4, -0.2) is 41.5 Å². The van der Waals surface area contributed by atoms with E-state index in [-0.39, 0.29) is 28.9 Å². The minimum Gasteiger partial charge on any atom is -0.494 e. The molecule has 0 saturated carbocycles. The molecule has 0 radical (unpaired) electrons. The Kier molecular flexibility index (Phi) is 5.46. The summed E-state index contributed by atoms with van der Waals surface area (Å²) >= 11 is 0. The summed E-state index contributed by atoms with van der Waals surface area (Å²) in [6.45, 7) is 2.62. The molecule has 1 heterocycles. The number of rotatable bonds is 7. The summed E-state index contributed by atoms with van der Waals surface area (Å²) in [6.07, 6.45) is 1.16. The van der Waals surface area contributed by atoms with E-state index in [4.69, 9.17) is 4.74 Å². The van der Waals surface area contributed by atoms with Crippen molar-refractivity contribution < 1.29 is 21.6 Å². The highest BCUT2D eigenvalue weighted by molar-refractivity contribution is 7.91. The maximum Gasteiger partial charge on any atom is 0.240 e. The molecule has 1 saturated heterocycles. The van der Waals surface area contributed by atoms with Gasteiger partial charge in [-0.1, -0.05) is 0 Å². The van der Waals surface area contributed by atoms with Crippen molar-refractivity contribution in [2.45, 2.75) is 24.7 Å². The number of hydrogen-bond donors (Lipinski definition) is 1. The fraction of sp³-hybridized carbons (Fsp3) is 0.571. The highest BCUT2D eigenvalue weighted by Gasteiger charge is 2.27. The van der Waals surface area contributed by atoms with Crippen LogP contribution < -0.4 is 9.46 Å². The average molecular weight is 347 g/mol. The summed E-state index contributed by atoms with van der Waals surface area (Å²) in [5.41, 5.74) is 0. The largest absolute Gasteiger partial charge is 0.494 e. The molecule has 0 spiro atoms. The Balaban J connectivity index is 1.88. The van der Waals surface area contributed by atoms with Gasteiger partial charge < -0.3 is 4.74 Å². The number of sulfonamides is 1. The summed E-state index contributed by atoms with van der Waals surface area (Å²) in [7, 11) is -6.48. The van der Waals surface area contributed by atoms with Crippen molar-refractivity contribution in [1.82, 2.24) is 4.72 Å². The molecule has 0 amide bonds. The van der Waals surface area contributed by atoms with Gasteiger partial charge in [0.25, 0.3) is 0 Å².